The van der Waals surface area contributed by atoms with Gasteiger partial charge in [0.15, 0.2) is 5.78 Å². The molecule has 1 aromatic heterocycles. The van der Waals surface area contributed by atoms with Gasteiger partial charge in [-0.2, -0.15) is 11.8 Å². The maximum atomic E-state index is 12.7. The number of nitrogens with zero attached hydrogens (tertiary/aromatic N) is 1. The SMILES string of the molecule is COc1ccc(/C=C/C(=O)c2ccc(Cc3ccccc3)s2)cc1CN1CCSCC1. The van der Waals surface area contributed by atoms with E-state index in [0.717, 1.165) is 42.2 Å². The fourth-order valence-corrected chi connectivity index (χ4v) is 5.62. The van der Waals surface area contributed by atoms with Crippen LogP contribution in [0, 0.1) is 0 Å². The largest absolute Gasteiger partial charge is 0.496 e. The molecule has 0 N–H and O–H groups in total. The van der Waals surface area contributed by atoms with Crippen molar-refractivity contribution >= 4 is 35.0 Å². The van der Waals surface area contributed by atoms with Crippen LogP contribution in [0.15, 0.2) is 66.7 Å². The van der Waals surface area contributed by atoms with Gasteiger partial charge < -0.3 is 4.74 Å². The Balaban J connectivity index is 1.43. The highest BCUT2D eigenvalue weighted by Crippen LogP contribution is 2.25. The van der Waals surface area contributed by atoms with E-state index in [0.29, 0.717) is 0 Å². The van der Waals surface area contributed by atoms with Crippen molar-refractivity contribution in [2.45, 2.75) is 13.0 Å². The Morgan fingerprint density at radius 1 is 1.06 bits per heavy atom. The molecule has 0 amide bonds. The molecule has 0 bridgehead atoms. The molecule has 0 spiro atoms. The standard InChI is InChI=1S/C26H27NO2S2/c1-29-25-11-8-21(17-22(25)19-27-13-15-30-16-14-27)7-10-24(28)26-12-9-23(31-26)18-20-5-3-2-4-6-20/h2-12,17H,13-16,18-19H2,1H3/b10-7+. The quantitative estimate of drug-likeness (QED) is 0.321. The van der Waals surface area contributed by atoms with Crippen LogP contribution in [0.5, 0.6) is 5.75 Å². The number of benzene rings is 2. The van der Waals surface area contributed by atoms with Crippen LogP contribution in [0.4, 0.5) is 0 Å². The van der Waals surface area contributed by atoms with Crippen LogP contribution in [0.25, 0.3) is 6.08 Å². The number of allylic oxidation sites excluding steroid dienone is 1. The molecular formula is C26H27NO2S2. The number of ether oxygens (including phenoxy) is 1. The van der Waals surface area contributed by atoms with E-state index >= 15 is 0 Å². The summed E-state index contributed by atoms with van der Waals surface area (Å²) in [4.78, 5) is 17.1. The van der Waals surface area contributed by atoms with Gasteiger partial charge in [0.2, 0.25) is 0 Å². The second-order valence-electron chi connectivity index (χ2n) is 7.59. The fraction of sp³-hybridized carbons (Fsp3) is 0.269. The van der Waals surface area contributed by atoms with Crippen LogP contribution in [0.2, 0.25) is 0 Å². The Bertz CT molecular complexity index is 1040. The normalized spacial score (nSPS) is 14.7. The number of carbonyl (C=O) groups excluding carboxylic acids is 1. The van der Waals surface area contributed by atoms with Gasteiger partial charge in [-0.25, -0.2) is 0 Å². The molecule has 3 nitrogen and oxygen atoms in total. The van der Waals surface area contributed by atoms with E-state index in [1.807, 2.05) is 54.2 Å². The maximum Gasteiger partial charge on any atom is 0.195 e. The maximum absolute atomic E-state index is 12.7. The number of ketones is 1. The van der Waals surface area contributed by atoms with Crippen LogP contribution >= 0.6 is 23.1 Å². The van der Waals surface area contributed by atoms with Gasteiger partial charge in [-0.05, 0) is 41.5 Å². The molecule has 2 aromatic carbocycles. The van der Waals surface area contributed by atoms with Crippen molar-refractivity contribution in [1.82, 2.24) is 4.90 Å². The van der Waals surface area contributed by atoms with Crippen molar-refractivity contribution in [3.63, 3.8) is 0 Å². The summed E-state index contributed by atoms with van der Waals surface area (Å²) in [6.07, 6.45) is 4.45. The molecule has 1 fully saturated rings. The number of thioether (sulfide) groups is 1. The van der Waals surface area contributed by atoms with Gasteiger partial charge in [-0.1, -0.05) is 42.5 Å². The summed E-state index contributed by atoms with van der Waals surface area (Å²) in [6, 6.07) is 20.5. The Morgan fingerprint density at radius 3 is 2.65 bits per heavy atom. The molecule has 0 saturated carbocycles. The van der Waals surface area contributed by atoms with Crippen LogP contribution in [0.3, 0.4) is 0 Å². The Kier molecular flexibility index (Phi) is 7.62. The summed E-state index contributed by atoms with van der Waals surface area (Å²) in [5.74, 6) is 3.33. The minimum absolute atomic E-state index is 0.0507. The fourth-order valence-electron chi connectivity index (χ4n) is 3.68. The average Bonchev–Trinajstić information content (AvgIpc) is 3.27. The zero-order valence-corrected chi connectivity index (χ0v) is 19.4. The number of thiophene rings is 1. The van der Waals surface area contributed by atoms with Crippen LogP contribution in [0.1, 0.15) is 31.2 Å². The number of hydrogen-bond donors (Lipinski definition) is 0. The third-order valence-corrected chi connectivity index (χ3v) is 7.40. The van der Waals surface area contributed by atoms with E-state index < -0.39 is 0 Å². The number of hydrogen-bond acceptors (Lipinski definition) is 5. The molecule has 2 heterocycles. The Morgan fingerprint density at radius 2 is 1.87 bits per heavy atom. The summed E-state index contributed by atoms with van der Waals surface area (Å²) >= 11 is 3.59. The van der Waals surface area contributed by atoms with Crippen molar-refractivity contribution in [3.05, 3.63) is 93.2 Å². The summed E-state index contributed by atoms with van der Waals surface area (Å²) in [5, 5.41) is 0. The van der Waals surface area contributed by atoms with Crippen molar-refractivity contribution in [3.8, 4) is 5.75 Å². The highest BCUT2D eigenvalue weighted by atomic mass is 32.2. The lowest BCUT2D eigenvalue weighted by Gasteiger charge is -2.26. The highest BCUT2D eigenvalue weighted by Gasteiger charge is 2.14. The van der Waals surface area contributed by atoms with Crippen molar-refractivity contribution < 1.29 is 9.53 Å². The lowest BCUT2D eigenvalue weighted by molar-refractivity contribution is 0.105. The van der Waals surface area contributed by atoms with Gasteiger partial charge in [-0.3, -0.25) is 9.69 Å². The summed E-state index contributed by atoms with van der Waals surface area (Å²) in [7, 11) is 1.72. The molecule has 0 radical (unpaired) electrons. The molecule has 0 atom stereocenters. The number of carbonyl (C=O) groups is 1. The summed E-state index contributed by atoms with van der Waals surface area (Å²) in [6.45, 7) is 3.10. The predicted octanol–water partition coefficient (Wildman–Crippen LogP) is 5.79. The first-order valence-corrected chi connectivity index (χ1v) is 12.5. The molecule has 5 heteroatoms. The van der Waals surface area contributed by atoms with Gasteiger partial charge in [0.1, 0.15) is 5.75 Å². The molecular weight excluding hydrogens is 422 g/mol. The van der Waals surface area contributed by atoms with E-state index in [4.69, 9.17) is 4.74 Å². The van der Waals surface area contributed by atoms with Gasteiger partial charge in [0.25, 0.3) is 0 Å². The van der Waals surface area contributed by atoms with E-state index in [1.165, 1.54) is 27.5 Å². The minimum atomic E-state index is 0.0507. The van der Waals surface area contributed by atoms with Gasteiger partial charge in [0, 0.05) is 48.0 Å². The Labute approximate surface area is 192 Å². The van der Waals surface area contributed by atoms with Gasteiger partial charge >= 0.3 is 0 Å². The number of rotatable bonds is 8. The first-order chi connectivity index (χ1) is 15.2. The highest BCUT2D eigenvalue weighted by molar-refractivity contribution is 7.99. The minimum Gasteiger partial charge on any atom is -0.496 e. The third-order valence-electron chi connectivity index (χ3n) is 5.35. The summed E-state index contributed by atoms with van der Waals surface area (Å²) < 4.78 is 5.57. The average molecular weight is 450 g/mol. The van der Waals surface area contributed by atoms with Crippen molar-refractivity contribution in [1.29, 1.82) is 0 Å². The molecule has 1 saturated heterocycles. The Hall–Kier alpha value is -2.34. The zero-order valence-electron chi connectivity index (χ0n) is 17.8. The first-order valence-electron chi connectivity index (χ1n) is 10.5. The van der Waals surface area contributed by atoms with Crippen LogP contribution in [-0.4, -0.2) is 42.4 Å². The summed E-state index contributed by atoms with van der Waals surface area (Å²) in [5.41, 5.74) is 3.46. The van der Waals surface area contributed by atoms with E-state index in [1.54, 1.807) is 24.5 Å². The third kappa shape index (κ3) is 6.10. The van der Waals surface area contributed by atoms with Crippen LogP contribution in [-0.2, 0) is 13.0 Å². The molecule has 4 rings (SSSR count). The van der Waals surface area contributed by atoms with Gasteiger partial charge in [0.05, 0.1) is 12.0 Å². The van der Waals surface area contributed by atoms with E-state index in [9.17, 15) is 4.79 Å². The molecule has 1 aliphatic rings. The monoisotopic (exact) mass is 449 g/mol. The van der Waals surface area contributed by atoms with Crippen molar-refractivity contribution in [2.75, 3.05) is 31.7 Å². The van der Waals surface area contributed by atoms with E-state index in [-0.39, 0.29) is 5.78 Å². The number of methoxy groups -OCH3 is 1. The van der Waals surface area contributed by atoms with Crippen molar-refractivity contribution in [2.24, 2.45) is 0 Å². The molecule has 31 heavy (non-hydrogen) atoms. The second kappa shape index (κ2) is 10.8. The van der Waals surface area contributed by atoms with Gasteiger partial charge in [-0.15, -0.1) is 11.3 Å². The first kappa shape index (κ1) is 21.9. The zero-order chi connectivity index (χ0) is 21.5. The lowest BCUT2D eigenvalue weighted by atomic mass is 10.1. The molecule has 1 aliphatic heterocycles. The molecule has 0 unspecified atom stereocenters. The van der Waals surface area contributed by atoms with Crippen LogP contribution < -0.4 is 4.74 Å². The lowest BCUT2D eigenvalue weighted by Crippen LogP contribution is -2.32. The molecule has 3 aromatic rings. The predicted molar refractivity (Wildman–Crippen MR) is 133 cm³/mol. The topological polar surface area (TPSA) is 29.5 Å². The molecule has 160 valence electrons. The van der Waals surface area contributed by atoms with E-state index in [2.05, 4.69) is 29.2 Å². The smallest absolute Gasteiger partial charge is 0.195 e. The second-order valence-corrected chi connectivity index (χ2v) is 9.98. The molecule has 0 aliphatic carbocycles.